The lowest BCUT2D eigenvalue weighted by atomic mass is 10.1. The number of nitrogens with one attached hydrogen (secondary N) is 2. The third-order valence-corrected chi connectivity index (χ3v) is 6.09. The van der Waals surface area contributed by atoms with Gasteiger partial charge in [-0.15, -0.1) is 0 Å². The van der Waals surface area contributed by atoms with Gasteiger partial charge < -0.3 is 15.4 Å². The molecule has 0 aliphatic carbocycles. The summed E-state index contributed by atoms with van der Waals surface area (Å²) in [6, 6.07) is 24.4. The van der Waals surface area contributed by atoms with Gasteiger partial charge in [0.25, 0.3) is 5.91 Å². The fourth-order valence-corrected chi connectivity index (χ4v) is 4.32. The minimum Gasteiger partial charge on any atom is -0.489 e. The summed E-state index contributed by atoms with van der Waals surface area (Å²) in [4.78, 5) is 13.1. The number of hydrogen-bond acceptors (Lipinski definition) is 4. The minimum atomic E-state index is -0.178. The number of amides is 1. The number of rotatable bonds is 7. The molecule has 31 heavy (non-hydrogen) atoms. The van der Waals surface area contributed by atoms with E-state index in [1.807, 2.05) is 48.5 Å². The molecule has 5 heteroatoms. The average molecular weight is 431 g/mol. The normalized spacial score (nSPS) is 16.9. The number of benzene rings is 3. The summed E-state index contributed by atoms with van der Waals surface area (Å²) in [5.74, 6) is 0.745. The van der Waals surface area contributed by atoms with E-state index in [2.05, 4.69) is 54.8 Å². The fourth-order valence-electron chi connectivity index (χ4n) is 3.33. The molecule has 158 valence electrons. The Morgan fingerprint density at radius 2 is 1.81 bits per heavy atom. The Labute approximate surface area is 187 Å². The van der Waals surface area contributed by atoms with Crippen molar-refractivity contribution in [2.24, 2.45) is 0 Å². The van der Waals surface area contributed by atoms with Crippen molar-refractivity contribution >= 4 is 29.4 Å². The van der Waals surface area contributed by atoms with Crippen molar-refractivity contribution < 1.29 is 9.53 Å². The van der Waals surface area contributed by atoms with Crippen molar-refractivity contribution in [2.45, 2.75) is 32.4 Å². The Morgan fingerprint density at radius 3 is 2.52 bits per heavy atom. The number of aryl methyl sites for hydroxylation is 2. The number of ether oxygens (including phenoxy) is 1. The molecule has 1 heterocycles. The van der Waals surface area contributed by atoms with Crippen LogP contribution in [0.4, 0.5) is 5.69 Å². The van der Waals surface area contributed by atoms with Crippen molar-refractivity contribution in [3.05, 3.63) is 100.0 Å². The van der Waals surface area contributed by atoms with Gasteiger partial charge in [0.1, 0.15) is 12.4 Å². The number of thioether (sulfide) groups is 1. The minimum absolute atomic E-state index is 0.0625. The fraction of sp³-hybridized carbons (Fsp3) is 0.192. The third kappa shape index (κ3) is 5.70. The molecule has 1 saturated heterocycles. The van der Waals surface area contributed by atoms with Gasteiger partial charge >= 0.3 is 0 Å². The average Bonchev–Trinajstić information content (AvgIpc) is 3.12. The third-order valence-electron chi connectivity index (χ3n) is 5.06. The van der Waals surface area contributed by atoms with Crippen LogP contribution in [0.3, 0.4) is 0 Å². The molecule has 1 atom stereocenters. The molecule has 4 nitrogen and oxygen atoms in total. The van der Waals surface area contributed by atoms with E-state index in [0.717, 1.165) is 29.0 Å². The number of anilines is 1. The summed E-state index contributed by atoms with van der Waals surface area (Å²) in [7, 11) is 0. The van der Waals surface area contributed by atoms with Crippen LogP contribution in [0.1, 0.15) is 29.2 Å². The Bertz CT molecular complexity index is 1080. The van der Waals surface area contributed by atoms with Gasteiger partial charge in [-0.25, -0.2) is 0 Å². The van der Waals surface area contributed by atoms with Gasteiger partial charge in [-0.1, -0.05) is 72.8 Å². The summed E-state index contributed by atoms with van der Waals surface area (Å²) < 4.78 is 5.88. The van der Waals surface area contributed by atoms with Gasteiger partial charge in [-0.05, 0) is 60.4 Å². The molecule has 4 rings (SSSR count). The molecule has 0 radical (unpaired) electrons. The van der Waals surface area contributed by atoms with Gasteiger partial charge in [0.15, 0.2) is 5.50 Å². The molecule has 0 aromatic heterocycles. The van der Waals surface area contributed by atoms with Gasteiger partial charge in [-0.3, -0.25) is 4.79 Å². The first-order chi connectivity index (χ1) is 15.1. The van der Waals surface area contributed by atoms with Crippen LogP contribution in [0.5, 0.6) is 5.75 Å². The van der Waals surface area contributed by atoms with E-state index in [0.29, 0.717) is 11.5 Å². The van der Waals surface area contributed by atoms with Gasteiger partial charge in [0.2, 0.25) is 0 Å². The molecule has 0 spiro atoms. The quantitative estimate of drug-likeness (QED) is 0.470. The summed E-state index contributed by atoms with van der Waals surface area (Å²) in [5, 5.41) is 6.33. The molecular weight excluding hydrogens is 404 g/mol. The van der Waals surface area contributed by atoms with Crippen LogP contribution in [0.15, 0.2) is 77.7 Å². The molecule has 0 bridgehead atoms. The maximum Gasteiger partial charge on any atom is 0.260 e. The smallest absolute Gasteiger partial charge is 0.260 e. The van der Waals surface area contributed by atoms with E-state index in [-0.39, 0.29) is 11.4 Å². The Hall–Kier alpha value is -3.18. The zero-order valence-electron chi connectivity index (χ0n) is 17.7. The van der Waals surface area contributed by atoms with E-state index >= 15 is 0 Å². The summed E-state index contributed by atoms with van der Waals surface area (Å²) in [6.07, 6.45) is 2.92. The zero-order valence-corrected chi connectivity index (χ0v) is 18.5. The molecule has 3 aromatic carbocycles. The summed E-state index contributed by atoms with van der Waals surface area (Å²) in [6.45, 7) is 4.74. The standard InChI is InChI=1S/C26H26N2O2S/c1-3-19-7-11-22(12-8-19)27-26-28-25(29)24(31-26)16-20-9-13-23(14-10-20)30-17-21-6-4-5-18(2)15-21/h4-16,26-27H,3,17H2,1-2H3,(H,28,29)/b24-16-/t26-/m0/s1. The predicted octanol–water partition coefficient (Wildman–Crippen LogP) is 5.74. The maximum atomic E-state index is 12.4. The first-order valence-electron chi connectivity index (χ1n) is 10.4. The van der Waals surface area contributed by atoms with Crippen LogP contribution in [-0.4, -0.2) is 11.4 Å². The number of carbonyl (C=O) groups excluding carboxylic acids is 1. The monoisotopic (exact) mass is 430 g/mol. The van der Waals surface area contributed by atoms with Crippen LogP contribution in [0, 0.1) is 6.92 Å². The van der Waals surface area contributed by atoms with E-state index in [4.69, 9.17) is 4.74 Å². The number of hydrogen-bond donors (Lipinski definition) is 2. The van der Waals surface area contributed by atoms with Crippen LogP contribution >= 0.6 is 11.8 Å². The van der Waals surface area contributed by atoms with Gasteiger partial charge in [-0.2, -0.15) is 0 Å². The second kappa shape index (κ2) is 9.75. The van der Waals surface area contributed by atoms with Crippen LogP contribution in [0.2, 0.25) is 0 Å². The van der Waals surface area contributed by atoms with Crippen molar-refractivity contribution in [1.82, 2.24) is 5.32 Å². The lowest BCUT2D eigenvalue weighted by Crippen LogP contribution is -2.30. The van der Waals surface area contributed by atoms with Crippen molar-refractivity contribution in [2.75, 3.05) is 5.32 Å². The lowest BCUT2D eigenvalue weighted by molar-refractivity contribution is -0.116. The maximum absolute atomic E-state index is 12.4. The highest BCUT2D eigenvalue weighted by atomic mass is 32.2. The van der Waals surface area contributed by atoms with E-state index in [9.17, 15) is 4.79 Å². The second-order valence-electron chi connectivity index (χ2n) is 7.52. The van der Waals surface area contributed by atoms with E-state index in [1.165, 1.54) is 22.9 Å². The highest BCUT2D eigenvalue weighted by molar-refractivity contribution is 8.05. The van der Waals surface area contributed by atoms with E-state index in [1.54, 1.807) is 0 Å². The van der Waals surface area contributed by atoms with Crippen molar-refractivity contribution in [1.29, 1.82) is 0 Å². The molecule has 0 unspecified atom stereocenters. The second-order valence-corrected chi connectivity index (χ2v) is 8.67. The molecule has 1 amide bonds. The first-order valence-corrected chi connectivity index (χ1v) is 11.3. The topological polar surface area (TPSA) is 50.4 Å². The first kappa shape index (κ1) is 21.1. The largest absolute Gasteiger partial charge is 0.489 e. The Morgan fingerprint density at radius 1 is 1.03 bits per heavy atom. The highest BCUT2D eigenvalue weighted by Crippen LogP contribution is 2.30. The summed E-state index contributed by atoms with van der Waals surface area (Å²) in [5.41, 5.74) is 5.44. The molecular formula is C26H26N2O2S. The van der Waals surface area contributed by atoms with Crippen molar-refractivity contribution in [3.8, 4) is 5.75 Å². The Kier molecular flexibility index (Phi) is 6.63. The molecule has 1 fully saturated rings. The molecule has 2 N–H and O–H groups in total. The van der Waals surface area contributed by atoms with Gasteiger partial charge in [0.05, 0.1) is 4.91 Å². The van der Waals surface area contributed by atoms with Crippen LogP contribution in [-0.2, 0) is 17.8 Å². The predicted molar refractivity (Wildman–Crippen MR) is 129 cm³/mol. The molecule has 0 saturated carbocycles. The Balaban J connectivity index is 1.34. The summed E-state index contributed by atoms with van der Waals surface area (Å²) >= 11 is 1.49. The molecule has 1 aliphatic heterocycles. The van der Waals surface area contributed by atoms with Gasteiger partial charge in [0, 0.05) is 5.69 Å². The van der Waals surface area contributed by atoms with E-state index < -0.39 is 0 Å². The SMILES string of the molecule is CCc1ccc(N[C@H]2NC(=O)/C(=C/c3ccc(OCc4cccc(C)c4)cc3)S2)cc1. The number of carbonyl (C=O) groups is 1. The van der Waals surface area contributed by atoms with Crippen LogP contribution in [0.25, 0.3) is 6.08 Å². The molecule has 1 aliphatic rings. The highest BCUT2D eigenvalue weighted by Gasteiger charge is 2.27. The van der Waals surface area contributed by atoms with Crippen LogP contribution < -0.4 is 15.4 Å². The lowest BCUT2D eigenvalue weighted by Gasteiger charge is -2.12. The molecule has 3 aromatic rings. The van der Waals surface area contributed by atoms with Crippen molar-refractivity contribution in [3.63, 3.8) is 0 Å². The zero-order chi connectivity index (χ0) is 21.6.